The summed E-state index contributed by atoms with van der Waals surface area (Å²) in [6.07, 6.45) is 2.45. The minimum absolute atomic E-state index is 0.492. The van der Waals surface area contributed by atoms with Crippen LogP contribution >= 0.6 is 0 Å². The highest BCUT2D eigenvalue weighted by molar-refractivity contribution is 5.47. The Morgan fingerprint density at radius 1 is 1.19 bits per heavy atom. The molecule has 0 amide bonds. The van der Waals surface area contributed by atoms with Crippen LogP contribution in [0.3, 0.4) is 0 Å². The smallest absolute Gasteiger partial charge is 0.125 e. The number of ether oxygens (including phenoxy) is 2. The van der Waals surface area contributed by atoms with Crippen LogP contribution in [0.5, 0.6) is 11.5 Å². The van der Waals surface area contributed by atoms with Gasteiger partial charge in [-0.3, -0.25) is 0 Å². The molecule has 1 aromatic rings. The molecule has 0 unspecified atom stereocenters. The van der Waals surface area contributed by atoms with E-state index in [1.54, 1.807) is 14.2 Å². The Labute approximate surface area is 96.0 Å². The van der Waals surface area contributed by atoms with Gasteiger partial charge >= 0.3 is 0 Å². The topological polar surface area (TPSA) is 38.7 Å². The van der Waals surface area contributed by atoms with Crippen molar-refractivity contribution in [2.75, 3.05) is 14.2 Å². The Morgan fingerprint density at radius 3 is 2.31 bits per heavy atom. The van der Waals surface area contributed by atoms with Crippen molar-refractivity contribution in [3.05, 3.63) is 23.3 Å². The molecule has 88 valence electrons. The van der Waals surface area contributed by atoms with Gasteiger partial charge in [0.25, 0.3) is 0 Å². The van der Waals surface area contributed by atoms with E-state index in [0.29, 0.717) is 6.42 Å². The lowest BCUT2D eigenvalue weighted by molar-refractivity contribution is 0.150. The maximum atomic E-state index is 9.93. The van der Waals surface area contributed by atoms with Gasteiger partial charge < -0.3 is 14.6 Å². The summed E-state index contributed by atoms with van der Waals surface area (Å²) in [5.41, 5.74) is 1.64. The predicted molar refractivity (Wildman–Crippen MR) is 62.2 cm³/mol. The van der Waals surface area contributed by atoms with E-state index in [9.17, 15) is 5.11 Å². The van der Waals surface area contributed by atoms with E-state index in [0.717, 1.165) is 35.5 Å². The van der Waals surface area contributed by atoms with E-state index >= 15 is 0 Å². The second-order valence-corrected chi connectivity index (χ2v) is 4.53. The van der Waals surface area contributed by atoms with Gasteiger partial charge in [-0.2, -0.15) is 0 Å². The van der Waals surface area contributed by atoms with Crippen molar-refractivity contribution in [2.45, 2.75) is 31.8 Å². The summed E-state index contributed by atoms with van der Waals surface area (Å²) in [6.45, 7) is 2.00. The molecule has 0 bridgehead atoms. The Kier molecular flexibility index (Phi) is 2.80. The molecule has 0 saturated heterocycles. The van der Waals surface area contributed by atoms with Crippen molar-refractivity contribution in [1.82, 2.24) is 0 Å². The highest BCUT2D eigenvalue weighted by atomic mass is 16.5. The Hall–Kier alpha value is -1.22. The van der Waals surface area contributed by atoms with E-state index < -0.39 is 5.60 Å². The van der Waals surface area contributed by atoms with Crippen LogP contribution in [0.25, 0.3) is 0 Å². The molecule has 1 aliphatic rings. The van der Waals surface area contributed by atoms with Crippen molar-refractivity contribution in [3.63, 3.8) is 0 Å². The van der Waals surface area contributed by atoms with Gasteiger partial charge in [-0.25, -0.2) is 0 Å². The lowest BCUT2D eigenvalue weighted by Gasteiger charge is -2.15. The molecule has 2 rings (SSSR count). The molecule has 1 aromatic carbocycles. The first kappa shape index (κ1) is 11.3. The average Bonchev–Trinajstić information content (AvgIpc) is 2.96. The maximum Gasteiger partial charge on any atom is 0.125 e. The first-order valence-electron chi connectivity index (χ1n) is 5.52. The molecule has 0 atom stereocenters. The molecule has 0 spiro atoms. The lowest BCUT2D eigenvalue weighted by Crippen LogP contribution is -2.12. The molecular weight excluding hydrogens is 204 g/mol. The number of hydrogen-bond acceptors (Lipinski definition) is 3. The summed E-state index contributed by atoms with van der Waals surface area (Å²) in [5.74, 6) is 1.62. The standard InChI is InChI=1S/C13H18O3/c1-9-6-10(8-13(14)4-5-13)12(16-3)7-11(9)15-2/h6-7,14H,4-5,8H2,1-3H3. The zero-order chi connectivity index (χ0) is 11.8. The second kappa shape index (κ2) is 3.98. The molecule has 0 heterocycles. The highest BCUT2D eigenvalue weighted by Gasteiger charge is 2.40. The van der Waals surface area contributed by atoms with E-state index in [2.05, 4.69) is 0 Å². The van der Waals surface area contributed by atoms with Gasteiger partial charge in [0.1, 0.15) is 11.5 Å². The molecule has 1 saturated carbocycles. The minimum atomic E-state index is -0.492. The zero-order valence-electron chi connectivity index (χ0n) is 10.0. The van der Waals surface area contributed by atoms with Crippen LogP contribution in [0.15, 0.2) is 12.1 Å². The third-order valence-electron chi connectivity index (χ3n) is 3.14. The first-order valence-corrected chi connectivity index (χ1v) is 5.52. The van der Waals surface area contributed by atoms with Crippen LogP contribution in [0.1, 0.15) is 24.0 Å². The van der Waals surface area contributed by atoms with Crippen LogP contribution in [0.4, 0.5) is 0 Å². The summed E-state index contributed by atoms with van der Waals surface area (Å²) < 4.78 is 10.6. The maximum absolute atomic E-state index is 9.93. The van der Waals surface area contributed by atoms with Crippen LogP contribution in [0, 0.1) is 6.92 Å². The number of aliphatic hydroxyl groups is 1. The van der Waals surface area contributed by atoms with Crippen molar-refractivity contribution in [1.29, 1.82) is 0 Å². The molecule has 0 aromatic heterocycles. The summed E-state index contributed by atoms with van der Waals surface area (Å²) in [6, 6.07) is 3.92. The van der Waals surface area contributed by atoms with Crippen molar-refractivity contribution >= 4 is 0 Å². The largest absolute Gasteiger partial charge is 0.496 e. The van der Waals surface area contributed by atoms with Crippen LogP contribution in [-0.4, -0.2) is 24.9 Å². The molecule has 0 radical (unpaired) electrons. The number of hydrogen-bond donors (Lipinski definition) is 1. The van der Waals surface area contributed by atoms with Crippen molar-refractivity contribution in [2.24, 2.45) is 0 Å². The first-order chi connectivity index (χ1) is 7.58. The molecule has 1 fully saturated rings. The molecule has 3 heteroatoms. The summed E-state index contributed by atoms with van der Waals surface area (Å²) in [5, 5.41) is 9.93. The normalized spacial score (nSPS) is 17.0. The number of aryl methyl sites for hydroxylation is 1. The Balaban J connectivity index is 2.32. The van der Waals surface area contributed by atoms with Gasteiger partial charge in [0.2, 0.25) is 0 Å². The van der Waals surface area contributed by atoms with Gasteiger partial charge in [-0.1, -0.05) is 0 Å². The van der Waals surface area contributed by atoms with Crippen molar-refractivity contribution < 1.29 is 14.6 Å². The van der Waals surface area contributed by atoms with E-state index in [-0.39, 0.29) is 0 Å². The molecule has 16 heavy (non-hydrogen) atoms. The van der Waals surface area contributed by atoms with Crippen molar-refractivity contribution in [3.8, 4) is 11.5 Å². The number of methoxy groups -OCH3 is 2. The third kappa shape index (κ3) is 2.14. The lowest BCUT2D eigenvalue weighted by atomic mass is 10.0. The minimum Gasteiger partial charge on any atom is -0.496 e. The third-order valence-corrected chi connectivity index (χ3v) is 3.14. The van der Waals surface area contributed by atoms with E-state index in [1.165, 1.54) is 0 Å². The predicted octanol–water partition coefficient (Wildman–Crippen LogP) is 2.08. The van der Waals surface area contributed by atoms with Crippen LogP contribution in [-0.2, 0) is 6.42 Å². The SMILES string of the molecule is COc1cc(OC)c(CC2(O)CC2)cc1C. The molecule has 1 aliphatic carbocycles. The quantitative estimate of drug-likeness (QED) is 0.847. The molecule has 3 nitrogen and oxygen atoms in total. The van der Waals surface area contributed by atoms with Crippen LogP contribution < -0.4 is 9.47 Å². The Morgan fingerprint density at radius 2 is 1.81 bits per heavy atom. The number of benzene rings is 1. The highest BCUT2D eigenvalue weighted by Crippen LogP contribution is 2.41. The molecule has 1 N–H and O–H groups in total. The summed E-state index contributed by atoms with van der Waals surface area (Å²) in [7, 11) is 3.29. The van der Waals surface area contributed by atoms with Gasteiger partial charge in [0.05, 0.1) is 19.8 Å². The Bertz CT molecular complexity index is 394. The fourth-order valence-corrected chi connectivity index (χ4v) is 1.95. The summed E-state index contributed by atoms with van der Waals surface area (Å²) >= 11 is 0. The van der Waals surface area contributed by atoms with Crippen LogP contribution in [0.2, 0.25) is 0 Å². The van der Waals surface area contributed by atoms with Gasteiger partial charge in [-0.05, 0) is 37.0 Å². The second-order valence-electron chi connectivity index (χ2n) is 4.53. The number of rotatable bonds is 4. The zero-order valence-corrected chi connectivity index (χ0v) is 10.0. The fraction of sp³-hybridized carbons (Fsp3) is 0.538. The monoisotopic (exact) mass is 222 g/mol. The van der Waals surface area contributed by atoms with Gasteiger partial charge in [0.15, 0.2) is 0 Å². The van der Waals surface area contributed by atoms with Gasteiger partial charge in [0, 0.05) is 12.5 Å². The van der Waals surface area contributed by atoms with Gasteiger partial charge in [-0.15, -0.1) is 0 Å². The van der Waals surface area contributed by atoms with E-state index in [4.69, 9.17) is 9.47 Å². The summed E-state index contributed by atoms with van der Waals surface area (Å²) in [4.78, 5) is 0. The fourth-order valence-electron chi connectivity index (χ4n) is 1.95. The molecular formula is C13H18O3. The average molecular weight is 222 g/mol. The van der Waals surface area contributed by atoms with E-state index in [1.807, 2.05) is 19.1 Å². The molecule has 0 aliphatic heterocycles.